The SMILES string of the molecule is NC(CC(=O)c1cccc2oc3cc(=O)c4c(c-3nc12)C(=O)C=CC4)C(=O)O. The monoisotopic (exact) mass is 378 g/mol. The van der Waals surface area contributed by atoms with Crippen LogP contribution in [0.3, 0.4) is 0 Å². The fraction of sp³-hybridized carbons (Fsp3) is 0.150. The Morgan fingerprint density at radius 3 is 2.82 bits per heavy atom. The minimum absolute atomic E-state index is 0.138. The first-order chi connectivity index (χ1) is 13.4. The molecule has 8 heteroatoms. The van der Waals surface area contributed by atoms with Crippen LogP contribution in [-0.2, 0) is 11.2 Å². The first kappa shape index (κ1) is 17.7. The van der Waals surface area contributed by atoms with E-state index in [0.29, 0.717) is 12.0 Å². The molecule has 1 heterocycles. The molecule has 0 saturated carbocycles. The number of carbonyl (C=O) groups is 3. The molecular weight excluding hydrogens is 364 g/mol. The zero-order chi connectivity index (χ0) is 20.0. The number of Topliss-reactive ketones (excluding diaryl/α,β-unsaturated/α-hetero) is 1. The second-order valence-corrected chi connectivity index (χ2v) is 6.48. The summed E-state index contributed by atoms with van der Waals surface area (Å²) in [5, 5.41) is 8.94. The normalized spacial score (nSPS) is 14.2. The molecule has 1 aliphatic heterocycles. The molecular formula is C20H14N2O6. The molecule has 0 aromatic heterocycles. The number of hydrogen-bond acceptors (Lipinski definition) is 7. The van der Waals surface area contributed by atoms with Crippen molar-refractivity contribution in [2.75, 3.05) is 0 Å². The van der Waals surface area contributed by atoms with Crippen LogP contribution in [0.1, 0.15) is 32.7 Å². The average molecular weight is 378 g/mol. The molecule has 1 aromatic rings. The van der Waals surface area contributed by atoms with Crippen LogP contribution in [-0.4, -0.2) is 33.7 Å². The number of rotatable bonds is 4. The van der Waals surface area contributed by atoms with Gasteiger partial charge in [-0.2, -0.15) is 0 Å². The van der Waals surface area contributed by atoms with Crippen molar-refractivity contribution < 1.29 is 23.9 Å². The molecule has 3 N–H and O–H groups in total. The van der Waals surface area contributed by atoms with E-state index in [2.05, 4.69) is 4.98 Å². The Balaban J connectivity index is 1.96. The summed E-state index contributed by atoms with van der Waals surface area (Å²) in [5.41, 5.74) is 6.40. The third kappa shape index (κ3) is 2.80. The topological polar surface area (TPSA) is 141 Å². The van der Waals surface area contributed by atoms with E-state index in [0.717, 1.165) is 0 Å². The van der Waals surface area contributed by atoms with Crippen LogP contribution in [0.4, 0.5) is 0 Å². The number of aliphatic carboxylic acids is 1. The highest BCUT2D eigenvalue weighted by molar-refractivity contribution is 6.12. The van der Waals surface area contributed by atoms with Crippen molar-refractivity contribution in [3.05, 3.63) is 63.3 Å². The molecule has 0 fully saturated rings. The van der Waals surface area contributed by atoms with E-state index in [-0.39, 0.29) is 44.9 Å². The second kappa shape index (κ2) is 6.50. The maximum Gasteiger partial charge on any atom is 0.320 e. The van der Waals surface area contributed by atoms with Gasteiger partial charge in [-0.05, 0) is 24.6 Å². The highest BCUT2D eigenvalue weighted by Crippen LogP contribution is 2.32. The van der Waals surface area contributed by atoms with Gasteiger partial charge >= 0.3 is 5.97 Å². The van der Waals surface area contributed by atoms with Crippen molar-refractivity contribution >= 4 is 28.6 Å². The molecule has 0 bridgehead atoms. The Bertz CT molecular complexity index is 1220. The van der Waals surface area contributed by atoms with Crippen molar-refractivity contribution in [1.82, 2.24) is 4.98 Å². The predicted octanol–water partition coefficient (Wildman–Crippen LogP) is 1.57. The van der Waals surface area contributed by atoms with Crippen molar-refractivity contribution in [1.29, 1.82) is 0 Å². The number of ketones is 2. The predicted molar refractivity (Wildman–Crippen MR) is 98.6 cm³/mol. The molecule has 4 rings (SSSR count). The lowest BCUT2D eigenvalue weighted by Crippen LogP contribution is -2.32. The molecule has 140 valence electrons. The number of fused-ring (bicyclic) bond motifs is 4. The number of carboxylic acids is 1. The maximum atomic E-state index is 12.6. The molecule has 1 unspecified atom stereocenters. The van der Waals surface area contributed by atoms with Gasteiger partial charge in [0.2, 0.25) is 0 Å². The summed E-state index contributed by atoms with van der Waals surface area (Å²) in [6, 6.07) is 4.55. The van der Waals surface area contributed by atoms with Gasteiger partial charge in [-0.15, -0.1) is 0 Å². The average Bonchev–Trinajstić information content (AvgIpc) is 2.66. The van der Waals surface area contributed by atoms with Gasteiger partial charge in [0.1, 0.15) is 17.3 Å². The molecule has 0 saturated heterocycles. The number of aromatic nitrogens is 1. The van der Waals surface area contributed by atoms with Crippen LogP contribution in [0.5, 0.6) is 0 Å². The fourth-order valence-corrected chi connectivity index (χ4v) is 3.26. The van der Waals surface area contributed by atoms with E-state index in [1.165, 1.54) is 18.2 Å². The summed E-state index contributed by atoms with van der Waals surface area (Å²) >= 11 is 0. The number of carbonyl (C=O) groups excluding carboxylic acids is 2. The summed E-state index contributed by atoms with van der Waals surface area (Å²) in [7, 11) is 0. The van der Waals surface area contributed by atoms with Crippen LogP contribution in [0, 0.1) is 0 Å². The number of nitrogens with two attached hydrogens (primary N) is 1. The summed E-state index contributed by atoms with van der Waals surface area (Å²) in [5.74, 6) is -2.01. The second-order valence-electron chi connectivity index (χ2n) is 6.48. The Labute approximate surface area is 157 Å². The zero-order valence-corrected chi connectivity index (χ0v) is 14.5. The van der Waals surface area contributed by atoms with E-state index >= 15 is 0 Å². The minimum Gasteiger partial charge on any atom is -0.480 e. The first-order valence-electron chi connectivity index (χ1n) is 8.48. The van der Waals surface area contributed by atoms with Gasteiger partial charge in [0.25, 0.3) is 0 Å². The molecule has 0 spiro atoms. The number of nitrogens with zero attached hydrogens (tertiary/aromatic N) is 1. The zero-order valence-electron chi connectivity index (χ0n) is 14.5. The first-order valence-corrected chi connectivity index (χ1v) is 8.48. The van der Waals surface area contributed by atoms with Gasteiger partial charge in [0, 0.05) is 23.6 Å². The van der Waals surface area contributed by atoms with Gasteiger partial charge in [-0.25, -0.2) is 4.98 Å². The number of benzene rings is 2. The molecule has 1 aromatic carbocycles. The van der Waals surface area contributed by atoms with E-state index in [9.17, 15) is 19.2 Å². The number of para-hydroxylation sites is 1. The quantitative estimate of drug-likeness (QED) is 0.515. The fourth-order valence-electron chi connectivity index (χ4n) is 3.26. The summed E-state index contributed by atoms with van der Waals surface area (Å²) in [6.45, 7) is 0. The Kier molecular flexibility index (Phi) is 4.12. The highest BCUT2D eigenvalue weighted by atomic mass is 16.4. The lowest BCUT2D eigenvalue weighted by atomic mass is 9.91. The number of carboxylic acid groups (broad SMARTS) is 1. The third-order valence-electron chi connectivity index (χ3n) is 4.63. The van der Waals surface area contributed by atoms with Crippen molar-refractivity contribution in [3.63, 3.8) is 0 Å². The van der Waals surface area contributed by atoms with Crippen molar-refractivity contribution in [2.45, 2.75) is 18.9 Å². The lowest BCUT2D eigenvalue weighted by molar-refractivity contribution is -0.138. The Hall–Kier alpha value is -3.65. The number of hydrogen-bond donors (Lipinski definition) is 2. The maximum absolute atomic E-state index is 12.6. The van der Waals surface area contributed by atoms with Crippen LogP contribution in [0.25, 0.3) is 22.6 Å². The van der Waals surface area contributed by atoms with Gasteiger partial charge in [-0.3, -0.25) is 19.2 Å². The Morgan fingerprint density at radius 2 is 2.07 bits per heavy atom. The van der Waals surface area contributed by atoms with E-state index < -0.39 is 24.2 Å². The molecule has 0 radical (unpaired) electrons. The smallest absolute Gasteiger partial charge is 0.320 e. The van der Waals surface area contributed by atoms with Gasteiger partial charge in [0.05, 0.1) is 5.56 Å². The van der Waals surface area contributed by atoms with Crippen LogP contribution < -0.4 is 11.2 Å². The Morgan fingerprint density at radius 1 is 1.29 bits per heavy atom. The van der Waals surface area contributed by atoms with E-state index in [1.807, 2.05) is 0 Å². The summed E-state index contributed by atoms with van der Waals surface area (Å²) in [4.78, 5) is 52.7. The van der Waals surface area contributed by atoms with Crippen LogP contribution >= 0.6 is 0 Å². The van der Waals surface area contributed by atoms with Crippen LogP contribution in [0.2, 0.25) is 0 Å². The largest absolute Gasteiger partial charge is 0.480 e. The molecule has 8 nitrogen and oxygen atoms in total. The highest BCUT2D eigenvalue weighted by Gasteiger charge is 2.27. The standard InChI is InChI=1S/C20H14N2O6/c21-11(20(26)27)7-13(24)10-4-2-6-15-18(10)22-19-16(28-15)8-14(25)9-3-1-5-12(23)17(9)19/h1-2,4-6,8,11H,3,7,21H2,(H,26,27). The molecule has 2 aliphatic carbocycles. The van der Waals surface area contributed by atoms with E-state index in [1.54, 1.807) is 18.2 Å². The lowest BCUT2D eigenvalue weighted by Gasteiger charge is -2.16. The minimum atomic E-state index is -1.34. The third-order valence-corrected chi connectivity index (χ3v) is 4.63. The van der Waals surface area contributed by atoms with Gasteiger partial charge in [-0.1, -0.05) is 12.1 Å². The van der Waals surface area contributed by atoms with Crippen molar-refractivity contribution in [2.24, 2.45) is 5.73 Å². The molecule has 3 aliphatic rings. The van der Waals surface area contributed by atoms with E-state index in [4.69, 9.17) is 15.3 Å². The molecule has 28 heavy (non-hydrogen) atoms. The summed E-state index contributed by atoms with van der Waals surface area (Å²) < 4.78 is 5.75. The van der Waals surface area contributed by atoms with Gasteiger partial charge in [0.15, 0.2) is 28.3 Å². The van der Waals surface area contributed by atoms with Gasteiger partial charge < -0.3 is 15.3 Å². The molecule has 1 atom stereocenters. The summed E-state index contributed by atoms with van der Waals surface area (Å²) in [6.07, 6.45) is 2.88. The van der Waals surface area contributed by atoms with Crippen molar-refractivity contribution in [3.8, 4) is 11.5 Å². The molecule has 0 amide bonds. The van der Waals surface area contributed by atoms with Crippen LogP contribution in [0.15, 0.2) is 45.6 Å². The number of allylic oxidation sites excluding steroid dienone is 2.